The highest BCUT2D eigenvalue weighted by Crippen LogP contribution is 2.17. The SMILES string of the molecule is CCC(C)(CCBr)NC(=O)c1ccsc1. The lowest BCUT2D eigenvalue weighted by Crippen LogP contribution is -2.45. The fraction of sp³-hybridized carbons (Fsp3) is 0.545. The van der Waals surface area contributed by atoms with Gasteiger partial charge in [0.25, 0.3) is 5.91 Å². The topological polar surface area (TPSA) is 29.1 Å². The Morgan fingerprint density at radius 2 is 2.40 bits per heavy atom. The molecule has 15 heavy (non-hydrogen) atoms. The zero-order valence-corrected chi connectivity index (χ0v) is 11.5. The number of halogens is 1. The molecule has 0 saturated heterocycles. The second-order valence-electron chi connectivity index (χ2n) is 3.82. The van der Waals surface area contributed by atoms with Crippen molar-refractivity contribution in [1.29, 1.82) is 0 Å². The summed E-state index contributed by atoms with van der Waals surface area (Å²) >= 11 is 4.96. The minimum absolute atomic E-state index is 0.0292. The number of rotatable bonds is 5. The zero-order chi connectivity index (χ0) is 11.3. The third-order valence-corrected chi connectivity index (χ3v) is 3.71. The highest BCUT2D eigenvalue weighted by Gasteiger charge is 2.23. The summed E-state index contributed by atoms with van der Waals surface area (Å²) in [6, 6.07) is 1.85. The van der Waals surface area contributed by atoms with E-state index in [9.17, 15) is 4.79 Å². The Kier molecular flexibility index (Phi) is 4.80. The van der Waals surface area contributed by atoms with E-state index in [1.54, 1.807) is 11.3 Å². The summed E-state index contributed by atoms with van der Waals surface area (Å²) in [4.78, 5) is 11.8. The molecule has 0 aliphatic carbocycles. The summed E-state index contributed by atoms with van der Waals surface area (Å²) in [5, 5.41) is 7.78. The van der Waals surface area contributed by atoms with Gasteiger partial charge in [-0.3, -0.25) is 4.79 Å². The summed E-state index contributed by atoms with van der Waals surface area (Å²) in [6.45, 7) is 4.18. The van der Waals surface area contributed by atoms with Crippen molar-refractivity contribution in [1.82, 2.24) is 5.32 Å². The van der Waals surface area contributed by atoms with Gasteiger partial charge in [0.05, 0.1) is 5.56 Å². The van der Waals surface area contributed by atoms with E-state index in [2.05, 4.69) is 35.1 Å². The summed E-state index contributed by atoms with van der Waals surface area (Å²) in [5.74, 6) is 0.0292. The average molecular weight is 290 g/mol. The van der Waals surface area contributed by atoms with Crippen LogP contribution in [0.4, 0.5) is 0 Å². The van der Waals surface area contributed by atoms with Crippen molar-refractivity contribution in [2.75, 3.05) is 5.33 Å². The van der Waals surface area contributed by atoms with E-state index < -0.39 is 0 Å². The standard InChI is InChI=1S/C11H16BrNOS/c1-3-11(2,5-6-12)13-10(14)9-4-7-15-8-9/h4,7-8H,3,5-6H2,1-2H3,(H,13,14). The maximum atomic E-state index is 11.8. The van der Waals surface area contributed by atoms with Gasteiger partial charge in [0.15, 0.2) is 0 Å². The first-order chi connectivity index (χ1) is 7.11. The van der Waals surface area contributed by atoms with Crippen LogP contribution in [0.3, 0.4) is 0 Å². The van der Waals surface area contributed by atoms with Crippen molar-refractivity contribution in [3.63, 3.8) is 0 Å². The quantitative estimate of drug-likeness (QED) is 0.827. The predicted octanol–water partition coefficient (Wildman–Crippen LogP) is 3.43. The number of hydrogen-bond acceptors (Lipinski definition) is 2. The molecule has 1 aromatic heterocycles. The molecule has 0 radical (unpaired) electrons. The molecule has 1 aromatic rings. The van der Waals surface area contributed by atoms with Gasteiger partial charge in [-0.1, -0.05) is 22.9 Å². The van der Waals surface area contributed by atoms with Crippen LogP contribution in [-0.4, -0.2) is 16.8 Å². The van der Waals surface area contributed by atoms with Crippen LogP contribution in [0.15, 0.2) is 16.8 Å². The molecule has 1 heterocycles. The van der Waals surface area contributed by atoms with E-state index in [0.717, 1.165) is 23.7 Å². The number of carbonyl (C=O) groups excluding carboxylic acids is 1. The van der Waals surface area contributed by atoms with Crippen molar-refractivity contribution >= 4 is 33.2 Å². The van der Waals surface area contributed by atoms with Gasteiger partial charge in [-0.05, 0) is 31.2 Å². The Hall–Kier alpha value is -0.350. The third-order valence-electron chi connectivity index (χ3n) is 2.63. The first kappa shape index (κ1) is 12.7. The van der Waals surface area contributed by atoms with Crippen LogP contribution < -0.4 is 5.32 Å². The Bertz CT molecular complexity index is 312. The average Bonchev–Trinajstić information content (AvgIpc) is 2.71. The van der Waals surface area contributed by atoms with E-state index in [1.807, 2.05) is 16.8 Å². The van der Waals surface area contributed by atoms with Gasteiger partial charge in [-0.2, -0.15) is 11.3 Å². The molecule has 1 amide bonds. The molecule has 4 heteroatoms. The number of nitrogens with one attached hydrogen (secondary N) is 1. The van der Waals surface area contributed by atoms with Crippen molar-refractivity contribution in [3.05, 3.63) is 22.4 Å². The lowest BCUT2D eigenvalue weighted by Gasteiger charge is -2.28. The normalized spacial score (nSPS) is 14.6. The van der Waals surface area contributed by atoms with Crippen molar-refractivity contribution < 1.29 is 4.79 Å². The van der Waals surface area contributed by atoms with Gasteiger partial charge in [-0.25, -0.2) is 0 Å². The molecule has 0 fully saturated rings. The Balaban J connectivity index is 2.63. The molecule has 1 atom stereocenters. The third kappa shape index (κ3) is 3.61. The fourth-order valence-electron chi connectivity index (χ4n) is 1.28. The Morgan fingerprint density at radius 1 is 1.67 bits per heavy atom. The van der Waals surface area contributed by atoms with Gasteiger partial charge < -0.3 is 5.32 Å². The smallest absolute Gasteiger partial charge is 0.252 e. The first-order valence-electron chi connectivity index (χ1n) is 5.02. The minimum Gasteiger partial charge on any atom is -0.347 e. The highest BCUT2D eigenvalue weighted by molar-refractivity contribution is 9.09. The van der Waals surface area contributed by atoms with E-state index in [1.165, 1.54) is 0 Å². The van der Waals surface area contributed by atoms with Crippen molar-refractivity contribution in [3.8, 4) is 0 Å². The van der Waals surface area contributed by atoms with Crippen LogP contribution in [0, 0.1) is 0 Å². The highest BCUT2D eigenvalue weighted by atomic mass is 79.9. The van der Waals surface area contributed by atoms with Crippen molar-refractivity contribution in [2.45, 2.75) is 32.2 Å². The lowest BCUT2D eigenvalue weighted by atomic mass is 9.95. The molecule has 2 nitrogen and oxygen atoms in total. The molecule has 0 saturated carbocycles. The van der Waals surface area contributed by atoms with Gasteiger partial charge in [-0.15, -0.1) is 0 Å². The molecule has 0 aliphatic rings. The first-order valence-corrected chi connectivity index (χ1v) is 7.08. The second-order valence-corrected chi connectivity index (χ2v) is 5.39. The molecule has 0 bridgehead atoms. The zero-order valence-electron chi connectivity index (χ0n) is 9.05. The summed E-state index contributed by atoms with van der Waals surface area (Å²) in [7, 11) is 0. The summed E-state index contributed by atoms with van der Waals surface area (Å²) in [6.07, 6.45) is 1.88. The molecular formula is C11H16BrNOS. The largest absolute Gasteiger partial charge is 0.347 e. The van der Waals surface area contributed by atoms with Crippen LogP contribution in [-0.2, 0) is 0 Å². The number of thiophene rings is 1. The minimum atomic E-state index is -0.109. The van der Waals surface area contributed by atoms with E-state index in [0.29, 0.717) is 0 Å². The second kappa shape index (κ2) is 5.66. The summed E-state index contributed by atoms with van der Waals surface area (Å²) < 4.78 is 0. The molecule has 0 aliphatic heterocycles. The fourth-order valence-corrected chi connectivity index (χ4v) is 2.79. The molecule has 1 N–H and O–H groups in total. The predicted molar refractivity (Wildman–Crippen MR) is 68.9 cm³/mol. The molecule has 0 spiro atoms. The maximum Gasteiger partial charge on any atom is 0.252 e. The number of alkyl halides is 1. The van der Waals surface area contributed by atoms with Gasteiger partial charge in [0, 0.05) is 16.2 Å². The van der Waals surface area contributed by atoms with E-state index in [-0.39, 0.29) is 11.4 Å². The Labute approximate surface area is 103 Å². The number of carbonyl (C=O) groups is 1. The van der Waals surface area contributed by atoms with Crippen LogP contribution >= 0.6 is 27.3 Å². The monoisotopic (exact) mass is 289 g/mol. The molecule has 84 valence electrons. The molecule has 0 aromatic carbocycles. The van der Waals surface area contributed by atoms with Gasteiger partial charge in [0.1, 0.15) is 0 Å². The van der Waals surface area contributed by atoms with E-state index in [4.69, 9.17) is 0 Å². The molecule has 1 rings (SSSR count). The lowest BCUT2D eigenvalue weighted by molar-refractivity contribution is 0.0902. The van der Waals surface area contributed by atoms with Gasteiger partial charge in [0.2, 0.25) is 0 Å². The van der Waals surface area contributed by atoms with Crippen LogP contribution in [0.2, 0.25) is 0 Å². The Morgan fingerprint density at radius 3 is 2.87 bits per heavy atom. The van der Waals surface area contributed by atoms with E-state index >= 15 is 0 Å². The summed E-state index contributed by atoms with van der Waals surface area (Å²) in [5.41, 5.74) is 0.650. The number of hydrogen-bond donors (Lipinski definition) is 1. The van der Waals surface area contributed by atoms with Crippen LogP contribution in [0.1, 0.15) is 37.0 Å². The van der Waals surface area contributed by atoms with Crippen LogP contribution in [0.5, 0.6) is 0 Å². The number of amides is 1. The molecule has 1 unspecified atom stereocenters. The molecular weight excluding hydrogens is 274 g/mol. The van der Waals surface area contributed by atoms with Gasteiger partial charge >= 0.3 is 0 Å². The van der Waals surface area contributed by atoms with Crippen LogP contribution in [0.25, 0.3) is 0 Å². The maximum absolute atomic E-state index is 11.8. The van der Waals surface area contributed by atoms with Crippen molar-refractivity contribution in [2.24, 2.45) is 0 Å².